The Hall–Kier alpha value is -3.33. The predicted molar refractivity (Wildman–Crippen MR) is 114 cm³/mol. The number of aliphatic carboxylic acids is 1. The van der Waals surface area contributed by atoms with E-state index in [0.717, 1.165) is 16.5 Å². The van der Waals surface area contributed by atoms with Crippen LogP contribution in [0.25, 0.3) is 16.4 Å². The van der Waals surface area contributed by atoms with Crippen LogP contribution in [-0.4, -0.2) is 70.2 Å². The number of aromatic amines is 1. The molecule has 2 aromatic rings. The second-order valence-electron chi connectivity index (χ2n) is 7.65. The maximum absolute atomic E-state index is 13.1. The first kappa shape index (κ1) is 23.3. The minimum absolute atomic E-state index is 0.136. The molecule has 170 valence electrons. The van der Waals surface area contributed by atoms with Crippen LogP contribution in [0.2, 0.25) is 0 Å². The van der Waals surface area contributed by atoms with E-state index < -0.39 is 29.8 Å². The van der Waals surface area contributed by atoms with Crippen molar-refractivity contribution in [1.82, 2.24) is 10.3 Å². The normalized spacial score (nSPS) is 16.1. The van der Waals surface area contributed by atoms with Gasteiger partial charge in [0.25, 0.3) is 0 Å². The molecule has 0 aliphatic carbocycles. The summed E-state index contributed by atoms with van der Waals surface area (Å²) in [5.74, 6) is -2.36. The maximum Gasteiger partial charge on any atom is 0.326 e. The van der Waals surface area contributed by atoms with Crippen molar-refractivity contribution in [2.75, 3.05) is 13.2 Å². The number of amides is 1. The highest BCUT2D eigenvalue weighted by Gasteiger charge is 2.30. The molecule has 0 saturated carbocycles. The molecule has 3 N–H and O–H groups in total. The monoisotopic (exact) mass is 442 g/mol. The fourth-order valence-corrected chi connectivity index (χ4v) is 3.68. The summed E-state index contributed by atoms with van der Waals surface area (Å²) in [4.78, 5) is 42.0. The van der Waals surface area contributed by atoms with E-state index in [-0.39, 0.29) is 25.4 Å². The molecule has 1 aliphatic heterocycles. The lowest BCUT2D eigenvalue weighted by atomic mass is 10.0. The Kier molecular flexibility index (Phi) is 8.27. The predicted octanol–water partition coefficient (Wildman–Crippen LogP) is 1.49. The number of nitrogens with one attached hydrogen (secondary N) is 2. The van der Waals surface area contributed by atoms with E-state index in [2.05, 4.69) is 15.1 Å². The van der Waals surface area contributed by atoms with Crippen LogP contribution < -0.4 is 5.32 Å². The van der Waals surface area contributed by atoms with Crippen LogP contribution in [0.1, 0.15) is 31.2 Å². The minimum Gasteiger partial charge on any atom is -0.480 e. The van der Waals surface area contributed by atoms with E-state index in [9.17, 15) is 19.5 Å². The lowest BCUT2D eigenvalue weighted by molar-refractivity contribution is -0.148. The number of carbonyl (C=O) groups is 3. The van der Waals surface area contributed by atoms with Gasteiger partial charge >= 0.3 is 12.2 Å². The molecule has 3 rings (SSSR count). The van der Waals surface area contributed by atoms with Crippen molar-refractivity contribution in [2.24, 2.45) is 0 Å². The molecule has 0 bridgehead atoms. The first-order valence-corrected chi connectivity index (χ1v) is 10.5. The van der Waals surface area contributed by atoms with Crippen LogP contribution in [-0.2, 0) is 30.3 Å². The molecule has 10 heteroatoms. The highest BCUT2D eigenvalue weighted by Crippen LogP contribution is 2.22. The van der Waals surface area contributed by atoms with Gasteiger partial charge in [-0.2, -0.15) is 4.79 Å². The van der Waals surface area contributed by atoms with Crippen molar-refractivity contribution in [1.29, 1.82) is 0 Å². The van der Waals surface area contributed by atoms with Gasteiger partial charge in [0.05, 0.1) is 6.10 Å². The average Bonchev–Trinajstić information content (AvgIpc) is 3.19. The van der Waals surface area contributed by atoms with E-state index in [4.69, 9.17) is 15.0 Å². The summed E-state index contributed by atoms with van der Waals surface area (Å²) in [5, 5.41) is 13.0. The standard InChI is InChI=1S/C22H26N4O6/c23-25-13-15(27)5-6-19(22(29)30)26-21(28)20(32-16-7-9-31-10-8-16)11-14-12-24-18-4-2-1-3-17(14)18/h1-4,12-13,16,19-20,24H,5-11H2,(H,26,28)(H,29,30). The second-order valence-corrected chi connectivity index (χ2v) is 7.65. The van der Waals surface area contributed by atoms with Crippen molar-refractivity contribution in [3.05, 3.63) is 41.6 Å². The Bertz CT molecular complexity index is 1010. The quantitative estimate of drug-likeness (QED) is 0.272. The SMILES string of the molecule is [N-]=[N+]=CC(=O)CCC(NC(=O)C(Cc1c[nH]c2ccccc12)OC1CCOCC1)C(=O)O. The molecule has 32 heavy (non-hydrogen) atoms. The minimum atomic E-state index is -1.28. The van der Waals surface area contributed by atoms with Gasteiger partial charge < -0.3 is 30.4 Å². The van der Waals surface area contributed by atoms with Crippen LogP contribution in [0.15, 0.2) is 30.5 Å². The van der Waals surface area contributed by atoms with Crippen LogP contribution in [0, 0.1) is 0 Å². The molecule has 10 nitrogen and oxygen atoms in total. The molecule has 1 aromatic carbocycles. The number of benzene rings is 1. The van der Waals surface area contributed by atoms with Gasteiger partial charge in [0.2, 0.25) is 11.7 Å². The number of hydrogen-bond acceptors (Lipinski definition) is 5. The third-order valence-corrected chi connectivity index (χ3v) is 5.39. The van der Waals surface area contributed by atoms with Gasteiger partial charge in [-0.1, -0.05) is 18.2 Å². The molecule has 2 atom stereocenters. The summed E-state index contributed by atoms with van der Waals surface area (Å²) in [6, 6.07) is 6.41. The zero-order valence-corrected chi connectivity index (χ0v) is 17.5. The summed E-state index contributed by atoms with van der Waals surface area (Å²) < 4.78 is 11.5. The fraction of sp³-hybridized carbons (Fsp3) is 0.455. The number of Topliss-reactive ketones (excluding diaryl/α,β-unsaturated/α-hetero) is 1. The molecule has 0 radical (unpaired) electrons. The lowest BCUT2D eigenvalue weighted by Crippen LogP contribution is -2.48. The van der Waals surface area contributed by atoms with Gasteiger partial charge in [-0.25, -0.2) is 4.79 Å². The Morgan fingerprint density at radius 2 is 2.06 bits per heavy atom. The molecular formula is C22H26N4O6. The fourth-order valence-electron chi connectivity index (χ4n) is 3.68. The Morgan fingerprint density at radius 3 is 2.78 bits per heavy atom. The van der Waals surface area contributed by atoms with Crippen molar-refractivity contribution in [2.45, 2.75) is 50.4 Å². The third-order valence-electron chi connectivity index (χ3n) is 5.39. The van der Waals surface area contributed by atoms with Crippen molar-refractivity contribution >= 4 is 34.8 Å². The summed E-state index contributed by atoms with van der Waals surface area (Å²) in [6.45, 7) is 1.08. The summed E-state index contributed by atoms with van der Waals surface area (Å²) in [6.07, 6.45) is 2.68. The number of hydrogen-bond donors (Lipinski definition) is 3. The van der Waals surface area contributed by atoms with Gasteiger partial charge in [-0.3, -0.25) is 9.59 Å². The zero-order chi connectivity index (χ0) is 22.9. The zero-order valence-electron chi connectivity index (χ0n) is 17.5. The van der Waals surface area contributed by atoms with E-state index in [1.807, 2.05) is 30.5 Å². The Morgan fingerprint density at radius 1 is 1.31 bits per heavy atom. The number of aromatic nitrogens is 1. The molecule has 2 unspecified atom stereocenters. The van der Waals surface area contributed by atoms with Gasteiger partial charge in [-0.15, -0.1) is 0 Å². The summed E-state index contributed by atoms with van der Waals surface area (Å²) in [7, 11) is 0. The molecule has 1 saturated heterocycles. The van der Waals surface area contributed by atoms with E-state index in [1.54, 1.807) is 0 Å². The van der Waals surface area contributed by atoms with Gasteiger partial charge in [0.1, 0.15) is 12.1 Å². The number of carboxylic acids is 1. The topological polar surface area (TPSA) is 154 Å². The molecule has 1 aromatic heterocycles. The molecular weight excluding hydrogens is 416 g/mol. The molecule has 1 aliphatic rings. The second kappa shape index (κ2) is 11.3. The van der Waals surface area contributed by atoms with Crippen LogP contribution in [0.3, 0.4) is 0 Å². The van der Waals surface area contributed by atoms with Gasteiger partial charge in [-0.05, 0) is 30.9 Å². The average molecular weight is 442 g/mol. The number of ether oxygens (including phenoxy) is 2. The van der Waals surface area contributed by atoms with Crippen molar-refractivity contribution in [3.8, 4) is 0 Å². The number of nitrogens with zero attached hydrogens (tertiary/aromatic N) is 2. The number of rotatable bonds is 11. The number of carbonyl (C=O) groups excluding carboxylic acids is 2. The number of carboxylic acid groups (broad SMARTS) is 1. The summed E-state index contributed by atoms with van der Waals surface area (Å²) in [5.41, 5.74) is 10.2. The van der Waals surface area contributed by atoms with Crippen LogP contribution in [0.5, 0.6) is 0 Å². The van der Waals surface area contributed by atoms with Crippen molar-refractivity contribution in [3.63, 3.8) is 0 Å². The van der Waals surface area contributed by atoms with Gasteiger partial charge in [0.15, 0.2) is 0 Å². The molecule has 1 amide bonds. The van der Waals surface area contributed by atoms with Gasteiger partial charge in [0, 0.05) is 43.2 Å². The summed E-state index contributed by atoms with van der Waals surface area (Å²) >= 11 is 0. The van der Waals surface area contributed by atoms with E-state index in [0.29, 0.717) is 32.3 Å². The van der Waals surface area contributed by atoms with E-state index in [1.165, 1.54) is 0 Å². The maximum atomic E-state index is 13.1. The molecule has 0 spiro atoms. The number of H-pyrrole nitrogens is 1. The van der Waals surface area contributed by atoms with Crippen molar-refractivity contribution < 1.29 is 33.8 Å². The largest absolute Gasteiger partial charge is 0.480 e. The Balaban J connectivity index is 1.74. The number of fused-ring (bicyclic) bond motifs is 1. The molecule has 2 heterocycles. The van der Waals surface area contributed by atoms with Crippen LogP contribution >= 0.6 is 0 Å². The number of ketones is 1. The number of para-hydroxylation sites is 1. The van der Waals surface area contributed by atoms with E-state index >= 15 is 0 Å². The lowest BCUT2D eigenvalue weighted by Gasteiger charge is -2.28. The molecule has 1 fully saturated rings. The third kappa shape index (κ3) is 6.34. The Labute approximate surface area is 184 Å². The first-order chi connectivity index (χ1) is 15.5. The highest BCUT2D eigenvalue weighted by molar-refractivity contribution is 6.25. The smallest absolute Gasteiger partial charge is 0.326 e. The first-order valence-electron chi connectivity index (χ1n) is 10.5. The highest BCUT2D eigenvalue weighted by atomic mass is 16.5. The van der Waals surface area contributed by atoms with Crippen LogP contribution in [0.4, 0.5) is 0 Å².